The Hall–Kier alpha value is -3.17. The molecule has 0 spiro atoms. The Bertz CT molecular complexity index is 1350. The van der Waals surface area contributed by atoms with Gasteiger partial charge in [-0.3, -0.25) is 18.6 Å². The SMILES string of the molecule is Cc1ccccc1NC(=O)CSc1nnc2n(CCCOC(C)C)c(=O)c3ccccc3n12. The molecule has 0 unspecified atom stereocenters. The number of benzene rings is 2. The molecule has 9 heteroatoms. The van der Waals surface area contributed by atoms with Crippen molar-refractivity contribution >= 4 is 40.0 Å². The van der Waals surface area contributed by atoms with E-state index in [1.54, 1.807) is 10.6 Å². The molecule has 4 aromatic rings. The van der Waals surface area contributed by atoms with E-state index >= 15 is 0 Å². The zero-order chi connectivity index (χ0) is 23.4. The highest BCUT2D eigenvalue weighted by Crippen LogP contribution is 2.22. The van der Waals surface area contributed by atoms with Gasteiger partial charge < -0.3 is 10.1 Å². The first-order chi connectivity index (χ1) is 16.0. The minimum absolute atomic E-state index is 0.108. The maximum Gasteiger partial charge on any atom is 0.262 e. The number of rotatable bonds is 9. The summed E-state index contributed by atoms with van der Waals surface area (Å²) < 4.78 is 9.11. The lowest BCUT2D eigenvalue weighted by Gasteiger charge is -2.12. The molecule has 2 aromatic heterocycles. The van der Waals surface area contributed by atoms with Crippen molar-refractivity contribution in [3.63, 3.8) is 0 Å². The molecule has 0 radical (unpaired) electrons. The monoisotopic (exact) mass is 465 g/mol. The molecule has 4 rings (SSSR count). The number of aryl methyl sites for hydroxylation is 2. The fraction of sp³-hybridized carbons (Fsp3) is 0.333. The Morgan fingerprint density at radius 2 is 1.88 bits per heavy atom. The lowest BCUT2D eigenvalue weighted by Crippen LogP contribution is -2.24. The van der Waals surface area contributed by atoms with Crippen molar-refractivity contribution in [3.05, 3.63) is 64.4 Å². The molecule has 8 nitrogen and oxygen atoms in total. The fourth-order valence-electron chi connectivity index (χ4n) is 3.60. The maximum atomic E-state index is 13.2. The van der Waals surface area contributed by atoms with E-state index in [1.807, 2.05) is 67.6 Å². The van der Waals surface area contributed by atoms with Gasteiger partial charge in [0, 0.05) is 18.8 Å². The summed E-state index contributed by atoms with van der Waals surface area (Å²) in [5.41, 5.74) is 2.40. The van der Waals surface area contributed by atoms with Crippen LogP contribution in [0.5, 0.6) is 0 Å². The number of carbonyl (C=O) groups is 1. The molecular weight excluding hydrogens is 438 g/mol. The van der Waals surface area contributed by atoms with Crippen molar-refractivity contribution < 1.29 is 9.53 Å². The van der Waals surface area contributed by atoms with Crippen LogP contribution in [-0.4, -0.2) is 43.5 Å². The number of ether oxygens (including phenoxy) is 1. The van der Waals surface area contributed by atoms with Gasteiger partial charge in [0.05, 0.1) is 22.8 Å². The van der Waals surface area contributed by atoms with Crippen LogP contribution in [0.15, 0.2) is 58.5 Å². The normalized spacial score (nSPS) is 11.5. The average molecular weight is 466 g/mol. The molecule has 33 heavy (non-hydrogen) atoms. The van der Waals surface area contributed by atoms with Gasteiger partial charge in [-0.05, 0) is 51.0 Å². The Morgan fingerprint density at radius 3 is 2.67 bits per heavy atom. The van der Waals surface area contributed by atoms with Gasteiger partial charge in [0.25, 0.3) is 5.56 Å². The summed E-state index contributed by atoms with van der Waals surface area (Å²) in [4.78, 5) is 25.7. The molecule has 0 aliphatic rings. The first-order valence-electron chi connectivity index (χ1n) is 10.9. The molecule has 0 saturated heterocycles. The minimum Gasteiger partial charge on any atom is -0.379 e. The standard InChI is InChI=1S/C24H27N5O3S/c1-16(2)32-14-8-13-28-22(31)18-10-5-7-12-20(18)29-23(28)26-27-24(29)33-15-21(30)25-19-11-6-4-9-17(19)3/h4-7,9-12,16H,8,13-15H2,1-3H3,(H,25,30). The third-order valence-electron chi connectivity index (χ3n) is 5.21. The zero-order valence-corrected chi connectivity index (χ0v) is 19.8. The summed E-state index contributed by atoms with van der Waals surface area (Å²) >= 11 is 1.29. The van der Waals surface area contributed by atoms with E-state index in [1.165, 1.54) is 11.8 Å². The lowest BCUT2D eigenvalue weighted by molar-refractivity contribution is -0.113. The molecule has 0 aliphatic heterocycles. The first kappa shape index (κ1) is 23.0. The lowest BCUT2D eigenvalue weighted by atomic mass is 10.2. The summed E-state index contributed by atoms with van der Waals surface area (Å²) in [7, 11) is 0. The number of nitrogens with zero attached hydrogens (tertiary/aromatic N) is 4. The molecule has 172 valence electrons. The third-order valence-corrected chi connectivity index (χ3v) is 6.14. The molecule has 1 amide bonds. The Labute approximate surface area is 196 Å². The molecular formula is C24H27N5O3S. The van der Waals surface area contributed by atoms with Crippen LogP contribution in [-0.2, 0) is 16.1 Å². The van der Waals surface area contributed by atoms with Gasteiger partial charge in [0.15, 0.2) is 5.16 Å². The zero-order valence-electron chi connectivity index (χ0n) is 18.9. The predicted octanol–water partition coefficient (Wildman–Crippen LogP) is 3.90. The van der Waals surface area contributed by atoms with E-state index in [0.29, 0.717) is 35.9 Å². The molecule has 2 heterocycles. The largest absolute Gasteiger partial charge is 0.379 e. The van der Waals surface area contributed by atoms with Crippen LogP contribution in [0.25, 0.3) is 16.7 Å². The molecule has 0 saturated carbocycles. The van der Waals surface area contributed by atoms with Gasteiger partial charge >= 0.3 is 0 Å². The minimum atomic E-state index is -0.130. The van der Waals surface area contributed by atoms with E-state index in [0.717, 1.165) is 16.8 Å². The second-order valence-electron chi connectivity index (χ2n) is 8.02. The smallest absolute Gasteiger partial charge is 0.262 e. The Balaban J connectivity index is 1.61. The molecule has 0 bridgehead atoms. The van der Waals surface area contributed by atoms with Gasteiger partial charge in [-0.1, -0.05) is 42.1 Å². The van der Waals surface area contributed by atoms with Crippen molar-refractivity contribution in [2.75, 3.05) is 17.7 Å². The number of aromatic nitrogens is 4. The summed E-state index contributed by atoms with van der Waals surface area (Å²) in [5.74, 6) is 0.504. The second kappa shape index (κ2) is 10.2. The number of hydrogen-bond acceptors (Lipinski definition) is 6. The van der Waals surface area contributed by atoms with Crippen LogP contribution in [0.3, 0.4) is 0 Å². The van der Waals surface area contributed by atoms with Gasteiger partial charge in [0.2, 0.25) is 11.7 Å². The Kier molecular flexibility index (Phi) is 7.10. The summed E-state index contributed by atoms with van der Waals surface area (Å²) in [6.07, 6.45) is 0.820. The predicted molar refractivity (Wildman–Crippen MR) is 131 cm³/mol. The number of thioether (sulfide) groups is 1. The summed E-state index contributed by atoms with van der Waals surface area (Å²) in [6.45, 7) is 6.94. The summed E-state index contributed by atoms with van der Waals surface area (Å²) in [6, 6.07) is 15.0. The average Bonchev–Trinajstić information content (AvgIpc) is 3.22. The topological polar surface area (TPSA) is 90.5 Å². The fourth-order valence-corrected chi connectivity index (χ4v) is 4.34. The van der Waals surface area contributed by atoms with Crippen molar-refractivity contribution in [2.45, 2.75) is 45.0 Å². The van der Waals surface area contributed by atoms with Gasteiger partial charge in [-0.2, -0.15) is 0 Å². The van der Waals surface area contributed by atoms with Crippen LogP contribution in [0.4, 0.5) is 5.69 Å². The molecule has 2 aromatic carbocycles. The third kappa shape index (κ3) is 5.09. The first-order valence-corrected chi connectivity index (χ1v) is 11.9. The Morgan fingerprint density at radius 1 is 1.12 bits per heavy atom. The van der Waals surface area contributed by atoms with E-state index in [9.17, 15) is 9.59 Å². The van der Waals surface area contributed by atoms with E-state index in [-0.39, 0.29) is 23.3 Å². The quantitative estimate of drug-likeness (QED) is 0.298. The van der Waals surface area contributed by atoms with E-state index in [2.05, 4.69) is 15.5 Å². The van der Waals surface area contributed by atoms with Crippen LogP contribution in [0.1, 0.15) is 25.8 Å². The molecule has 0 fully saturated rings. The maximum absolute atomic E-state index is 13.2. The number of amides is 1. The van der Waals surface area contributed by atoms with E-state index in [4.69, 9.17) is 4.74 Å². The number of para-hydroxylation sites is 2. The van der Waals surface area contributed by atoms with Crippen LogP contribution in [0.2, 0.25) is 0 Å². The van der Waals surface area contributed by atoms with Crippen molar-refractivity contribution in [1.82, 2.24) is 19.2 Å². The van der Waals surface area contributed by atoms with Crippen LogP contribution in [0, 0.1) is 6.92 Å². The molecule has 1 N–H and O–H groups in total. The summed E-state index contributed by atoms with van der Waals surface area (Å²) in [5, 5.41) is 12.7. The number of carbonyl (C=O) groups excluding carboxylic acids is 1. The molecule has 0 atom stereocenters. The highest BCUT2D eigenvalue weighted by atomic mass is 32.2. The number of nitrogens with one attached hydrogen (secondary N) is 1. The highest BCUT2D eigenvalue weighted by Gasteiger charge is 2.17. The van der Waals surface area contributed by atoms with Crippen LogP contribution < -0.4 is 10.9 Å². The van der Waals surface area contributed by atoms with Crippen molar-refractivity contribution in [2.24, 2.45) is 0 Å². The van der Waals surface area contributed by atoms with Crippen molar-refractivity contribution in [3.8, 4) is 0 Å². The van der Waals surface area contributed by atoms with Gasteiger partial charge in [-0.15, -0.1) is 10.2 Å². The molecule has 0 aliphatic carbocycles. The van der Waals surface area contributed by atoms with Gasteiger partial charge in [-0.25, -0.2) is 0 Å². The number of anilines is 1. The second-order valence-corrected chi connectivity index (χ2v) is 8.96. The van der Waals surface area contributed by atoms with Gasteiger partial charge in [0.1, 0.15) is 0 Å². The number of fused-ring (bicyclic) bond motifs is 3. The number of hydrogen-bond donors (Lipinski definition) is 1. The van der Waals surface area contributed by atoms with Crippen LogP contribution >= 0.6 is 11.8 Å². The van der Waals surface area contributed by atoms with E-state index < -0.39 is 0 Å². The van der Waals surface area contributed by atoms with Crippen molar-refractivity contribution in [1.29, 1.82) is 0 Å². The highest BCUT2D eigenvalue weighted by molar-refractivity contribution is 7.99.